The van der Waals surface area contributed by atoms with Crippen molar-refractivity contribution < 1.29 is 23.9 Å². The third-order valence-electron chi connectivity index (χ3n) is 2.99. The molecule has 1 aromatic rings. The maximum absolute atomic E-state index is 9.96. The highest BCUT2D eigenvalue weighted by atomic mass is 16.5. The van der Waals surface area contributed by atoms with Gasteiger partial charge in [-0.3, -0.25) is 0 Å². The maximum atomic E-state index is 9.96. The monoisotopic (exact) mass is 264 g/mol. The smallest absolute Gasteiger partial charge is 0.461 e. The van der Waals surface area contributed by atoms with Crippen LogP contribution in [-0.4, -0.2) is 31.0 Å². The molecule has 1 aliphatic heterocycles. The molecule has 19 heavy (non-hydrogen) atoms. The zero-order chi connectivity index (χ0) is 13.8. The van der Waals surface area contributed by atoms with Crippen LogP contribution in [0.5, 0.6) is 0 Å². The molecule has 0 amide bonds. The molecule has 1 atom stereocenters. The SMILES string of the molecule is C=C(COC)C1=CC[C@@H](c2ccc(CO)o2)OB1O. The number of aliphatic hydroxyl groups is 1. The summed E-state index contributed by atoms with van der Waals surface area (Å²) in [7, 11) is 0.535. The van der Waals surface area contributed by atoms with Crippen molar-refractivity contribution in [3.8, 4) is 0 Å². The van der Waals surface area contributed by atoms with Gasteiger partial charge in [-0.05, 0) is 29.6 Å². The average molecular weight is 264 g/mol. The molecule has 2 N–H and O–H groups in total. The average Bonchev–Trinajstić information content (AvgIpc) is 2.87. The van der Waals surface area contributed by atoms with Crippen molar-refractivity contribution in [2.75, 3.05) is 13.7 Å². The van der Waals surface area contributed by atoms with Crippen molar-refractivity contribution in [3.05, 3.63) is 47.4 Å². The number of rotatable bonds is 5. The fourth-order valence-corrected chi connectivity index (χ4v) is 2.03. The highest BCUT2D eigenvalue weighted by molar-refractivity contribution is 6.54. The zero-order valence-electron chi connectivity index (χ0n) is 10.8. The summed E-state index contributed by atoms with van der Waals surface area (Å²) in [6, 6.07) is 3.43. The number of ether oxygens (including phenoxy) is 1. The Balaban J connectivity index is 2.08. The number of furan rings is 1. The van der Waals surface area contributed by atoms with Crippen molar-refractivity contribution in [2.45, 2.75) is 19.1 Å². The van der Waals surface area contributed by atoms with E-state index in [1.807, 2.05) is 6.08 Å². The summed E-state index contributed by atoms with van der Waals surface area (Å²) in [5.74, 6) is 1.07. The molecule has 0 bridgehead atoms. The van der Waals surface area contributed by atoms with Crippen LogP contribution in [0, 0.1) is 0 Å². The lowest BCUT2D eigenvalue weighted by Gasteiger charge is -2.24. The minimum atomic E-state index is -1.04. The lowest BCUT2D eigenvalue weighted by Crippen LogP contribution is -2.29. The van der Waals surface area contributed by atoms with Gasteiger partial charge in [0.05, 0.1) is 6.61 Å². The van der Waals surface area contributed by atoms with Crippen LogP contribution in [-0.2, 0) is 16.0 Å². The lowest BCUT2D eigenvalue weighted by atomic mass is 9.71. The fraction of sp³-hybridized carbons (Fsp3) is 0.385. The molecule has 0 radical (unpaired) electrons. The van der Waals surface area contributed by atoms with Gasteiger partial charge in [0.1, 0.15) is 24.2 Å². The van der Waals surface area contributed by atoms with Crippen LogP contribution in [0.25, 0.3) is 0 Å². The Morgan fingerprint density at radius 2 is 2.37 bits per heavy atom. The Kier molecular flexibility index (Phi) is 4.60. The van der Waals surface area contributed by atoms with Gasteiger partial charge in [-0.2, -0.15) is 0 Å². The topological polar surface area (TPSA) is 72.1 Å². The number of methoxy groups -OCH3 is 1. The minimum Gasteiger partial charge on any atom is -0.461 e. The Hall–Kier alpha value is -1.34. The molecule has 5 nitrogen and oxygen atoms in total. The molecular formula is C13H17BO5. The molecule has 102 valence electrons. The van der Waals surface area contributed by atoms with Gasteiger partial charge in [-0.25, -0.2) is 0 Å². The van der Waals surface area contributed by atoms with Crippen LogP contribution in [0.1, 0.15) is 24.0 Å². The van der Waals surface area contributed by atoms with Gasteiger partial charge in [0.25, 0.3) is 0 Å². The summed E-state index contributed by atoms with van der Waals surface area (Å²) >= 11 is 0. The largest absolute Gasteiger partial charge is 0.491 e. The van der Waals surface area contributed by atoms with Crippen LogP contribution < -0.4 is 0 Å². The standard InChI is InChI=1S/C13H17BO5/c1-9(8-17-2)11-4-6-13(19-14(11)16)12-5-3-10(7-15)18-12/h3-5,13,15-16H,1,6-8H2,2H3/t13-/m0/s1. The van der Waals surface area contributed by atoms with Crippen LogP contribution in [0.3, 0.4) is 0 Å². The van der Waals surface area contributed by atoms with Crippen LogP contribution in [0.15, 0.2) is 40.3 Å². The van der Waals surface area contributed by atoms with Crippen molar-refractivity contribution in [1.29, 1.82) is 0 Å². The Morgan fingerprint density at radius 3 is 2.95 bits per heavy atom. The van der Waals surface area contributed by atoms with E-state index >= 15 is 0 Å². The van der Waals surface area contributed by atoms with Gasteiger partial charge in [0.15, 0.2) is 0 Å². The molecule has 6 heteroatoms. The molecule has 2 heterocycles. The number of aliphatic hydroxyl groups excluding tert-OH is 1. The molecule has 1 aromatic heterocycles. The van der Waals surface area contributed by atoms with Crippen molar-refractivity contribution in [2.24, 2.45) is 0 Å². The van der Waals surface area contributed by atoms with Crippen LogP contribution >= 0.6 is 0 Å². The second-order valence-electron chi connectivity index (χ2n) is 4.37. The fourth-order valence-electron chi connectivity index (χ4n) is 2.03. The predicted molar refractivity (Wildman–Crippen MR) is 70.1 cm³/mol. The molecule has 0 aliphatic carbocycles. The third-order valence-corrected chi connectivity index (χ3v) is 2.99. The summed E-state index contributed by atoms with van der Waals surface area (Å²) in [5.41, 5.74) is 1.34. The first-order chi connectivity index (χ1) is 9.15. The summed E-state index contributed by atoms with van der Waals surface area (Å²) in [6.07, 6.45) is 2.10. The molecule has 0 saturated carbocycles. The van der Waals surface area contributed by atoms with Crippen LogP contribution in [0.2, 0.25) is 0 Å². The van der Waals surface area contributed by atoms with Crippen LogP contribution in [0.4, 0.5) is 0 Å². The normalized spacial score (nSPS) is 19.4. The van der Waals surface area contributed by atoms with E-state index in [4.69, 9.17) is 18.9 Å². The molecule has 0 unspecified atom stereocenters. The summed E-state index contributed by atoms with van der Waals surface area (Å²) < 4.78 is 15.9. The first-order valence-corrected chi connectivity index (χ1v) is 6.05. The van der Waals surface area contributed by atoms with E-state index in [1.165, 1.54) is 0 Å². The van der Waals surface area contributed by atoms with Gasteiger partial charge in [0.2, 0.25) is 0 Å². The molecular weight excluding hydrogens is 247 g/mol. The van der Waals surface area contributed by atoms with E-state index < -0.39 is 7.12 Å². The van der Waals surface area contributed by atoms with Gasteiger partial charge in [0, 0.05) is 7.11 Å². The Morgan fingerprint density at radius 1 is 1.58 bits per heavy atom. The number of hydrogen-bond donors (Lipinski definition) is 2. The van der Waals surface area contributed by atoms with Gasteiger partial charge >= 0.3 is 7.12 Å². The maximum Gasteiger partial charge on any atom is 0.491 e. The first-order valence-electron chi connectivity index (χ1n) is 6.05. The van der Waals surface area contributed by atoms with Gasteiger partial charge in [-0.15, -0.1) is 0 Å². The number of hydrogen-bond acceptors (Lipinski definition) is 5. The summed E-state index contributed by atoms with van der Waals surface area (Å²) in [6.45, 7) is 4.05. The zero-order valence-corrected chi connectivity index (χ0v) is 10.8. The van der Waals surface area contributed by atoms with E-state index in [0.717, 1.165) is 0 Å². The third kappa shape index (κ3) is 3.16. The quantitative estimate of drug-likeness (QED) is 0.786. The molecule has 0 spiro atoms. The Bertz CT molecular complexity index is 479. The van der Waals surface area contributed by atoms with E-state index in [0.29, 0.717) is 35.6 Å². The van der Waals surface area contributed by atoms with Crippen molar-refractivity contribution in [1.82, 2.24) is 0 Å². The predicted octanol–water partition coefficient (Wildman–Crippen LogP) is 1.38. The molecule has 0 saturated heterocycles. The molecule has 2 rings (SSSR count). The van der Waals surface area contributed by atoms with Crippen molar-refractivity contribution in [3.63, 3.8) is 0 Å². The summed E-state index contributed by atoms with van der Waals surface area (Å²) in [5, 5.41) is 18.9. The van der Waals surface area contributed by atoms with E-state index in [1.54, 1.807) is 19.2 Å². The van der Waals surface area contributed by atoms with Gasteiger partial charge in [-0.1, -0.05) is 12.7 Å². The first kappa shape index (κ1) is 14.1. The Labute approximate surface area is 112 Å². The minimum absolute atomic E-state index is 0.152. The van der Waals surface area contributed by atoms with Gasteiger partial charge < -0.3 is 23.9 Å². The van der Waals surface area contributed by atoms with E-state index in [9.17, 15) is 5.02 Å². The lowest BCUT2D eigenvalue weighted by molar-refractivity contribution is 0.137. The molecule has 0 fully saturated rings. The second kappa shape index (κ2) is 6.21. The molecule has 0 aromatic carbocycles. The van der Waals surface area contributed by atoms with E-state index in [-0.39, 0.29) is 12.7 Å². The summed E-state index contributed by atoms with van der Waals surface area (Å²) in [4.78, 5) is 0. The van der Waals surface area contributed by atoms with Crippen molar-refractivity contribution >= 4 is 7.12 Å². The second-order valence-corrected chi connectivity index (χ2v) is 4.37. The van der Waals surface area contributed by atoms with E-state index in [2.05, 4.69) is 6.58 Å². The highest BCUT2D eigenvalue weighted by Gasteiger charge is 2.31. The molecule has 1 aliphatic rings. The highest BCUT2D eigenvalue weighted by Crippen LogP contribution is 2.31.